The van der Waals surface area contributed by atoms with Crippen LogP contribution in [0.5, 0.6) is 0 Å². The van der Waals surface area contributed by atoms with Crippen LogP contribution in [0, 0.1) is 5.82 Å². The Morgan fingerprint density at radius 3 is 2.56 bits per heavy atom. The van der Waals surface area contributed by atoms with Crippen molar-refractivity contribution < 1.29 is 18.7 Å². The zero-order chi connectivity index (χ0) is 19.0. The van der Waals surface area contributed by atoms with Crippen LogP contribution in [0.2, 0.25) is 0 Å². The summed E-state index contributed by atoms with van der Waals surface area (Å²) in [5.41, 5.74) is 2.00. The van der Waals surface area contributed by atoms with Crippen molar-refractivity contribution in [1.29, 1.82) is 0 Å². The predicted molar refractivity (Wildman–Crippen MR) is 96.3 cm³/mol. The van der Waals surface area contributed by atoms with Crippen molar-refractivity contribution >= 4 is 11.9 Å². The first-order valence-electron chi connectivity index (χ1n) is 9.16. The van der Waals surface area contributed by atoms with Gasteiger partial charge < -0.3 is 15.0 Å². The van der Waals surface area contributed by atoms with Gasteiger partial charge in [0.1, 0.15) is 5.82 Å². The molecule has 3 heterocycles. The third kappa shape index (κ3) is 3.42. The van der Waals surface area contributed by atoms with Gasteiger partial charge in [0.15, 0.2) is 0 Å². The molecule has 1 saturated heterocycles. The van der Waals surface area contributed by atoms with Crippen molar-refractivity contribution in [3.8, 4) is 0 Å². The Balaban J connectivity index is 1.53. The van der Waals surface area contributed by atoms with Crippen LogP contribution in [0.15, 0.2) is 35.5 Å². The van der Waals surface area contributed by atoms with Crippen molar-refractivity contribution in [3.63, 3.8) is 0 Å². The van der Waals surface area contributed by atoms with Crippen molar-refractivity contribution in [3.05, 3.63) is 46.9 Å². The van der Waals surface area contributed by atoms with E-state index in [1.165, 1.54) is 17.0 Å². The number of hydrogen-bond donors (Lipinski definition) is 1. The fourth-order valence-electron chi connectivity index (χ4n) is 3.80. The van der Waals surface area contributed by atoms with E-state index in [4.69, 9.17) is 4.74 Å². The molecule has 27 heavy (non-hydrogen) atoms. The fourth-order valence-corrected chi connectivity index (χ4v) is 3.80. The monoisotopic (exact) mass is 374 g/mol. The Morgan fingerprint density at radius 2 is 1.85 bits per heavy atom. The normalized spacial score (nSPS) is 23.7. The van der Waals surface area contributed by atoms with Crippen molar-refractivity contribution in [2.45, 2.75) is 6.04 Å². The van der Waals surface area contributed by atoms with E-state index in [2.05, 4.69) is 10.2 Å². The molecule has 3 aliphatic rings. The molecule has 4 rings (SSSR count). The molecular weight excluding hydrogens is 351 g/mol. The van der Waals surface area contributed by atoms with Gasteiger partial charge in [-0.2, -0.15) is 0 Å². The maximum absolute atomic E-state index is 13.3. The number of carbonyl (C=O) groups excluding carboxylic acids is 2. The Bertz CT molecular complexity index is 774. The first-order chi connectivity index (χ1) is 13.0. The van der Waals surface area contributed by atoms with Crippen LogP contribution < -0.4 is 5.32 Å². The summed E-state index contributed by atoms with van der Waals surface area (Å²) in [4.78, 5) is 31.0. The van der Waals surface area contributed by atoms with Crippen LogP contribution in [0.3, 0.4) is 0 Å². The van der Waals surface area contributed by atoms with E-state index < -0.39 is 6.04 Å². The molecule has 0 radical (unpaired) electrons. The Morgan fingerprint density at radius 1 is 1.15 bits per heavy atom. The molecule has 0 aliphatic carbocycles. The van der Waals surface area contributed by atoms with Gasteiger partial charge in [-0.05, 0) is 17.7 Å². The van der Waals surface area contributed by atoms with Gasteiger partial charge in [-0.3, -0.25) is 14.6 Å². The number of hydrogen-bond acceptors (Lipinski definition) is 4. The second-order valence-corrected chi connectivity index (χ2v) is 7.03. The Hall–Kier alpha value is -2.45. The summed E-state index contributed by atoms with van der Waals surface area (Å²) < 4.78 is 18.6. The molecule has 0 bridgehead atoms. The molecule has 3 aliphatic heterocycles. The molecule has 1 aromatic rings. The zero-order valence-electron chi connectivity index (χ0n) is 15.3. The van der Waals surface area contributed by atoms with Crippen molar-refractivity contribution in [2.75, 3.05) is 53.0 Å². The van der Waals surface area contributed by atoms with Crippen LogP contribution >= 0.6 is 0 Å². The average Bonchev–Trinajstić information content (AvgIpc) is 3.01. The number of morpholine rings is 1. The van der Waals surface area contributed by atoms with E-state index in [0.29, 0.717) is 24.2 Å². The average molecular weight is 374 g/mol. The maximum Gasteiger partial charge on any atom is 0.322 e. The molecule has 0 spiro atoms. The molecule has 1 atom stereocenters. The van der Waals surface area contributed by atoms with E-state index in [-0.39, 0.29) is 17.8 Å². The lowest BCUT2D eigenvalue weighted by Crippen LogP contribution is -2.45. The first-order valence-corrected chi connectivity index (χ1v) is 9.16. The van der Waals surface area contributed by atoms with Gasteiger partial charge in [0.05, 0.1) is 37.1 Å². The minimum Gasteiger partial charge on any atom is -0.379 e. The third-order valence-electron chi connectivity index (χ3n) is 5.43. The fraction of sp³-hybridized carbons (Fsp3) is 0.474. The minimum absolute atomic E-state index is 0.0700. The maximum atomic E-state index is 13.3. The van der Waals surface area contributed by atoms with Crippen LogP contribution in [0.25, 0.3) is 0 Å². The summed E-state index contributed by atoms with van der Waals surface area (Å²) >= 11 is 0. The minimum atomic E-state index is -0.551. The number of likely N-dealkylation sites (N-methyl/N-ethyl adjacent to an activating group) is 1. The molecule has 0 saturated carbocycles. The van der Waals surface area contributed by atoms with Crippen LogP contribution in [0.4, 0.5) is 9.18 Å². The highest BCUT2D eigenvalue weighted by Crippen LogP contribution is 2.35. The molecule has 1 aromatic carbocycles. The van der Waals surface area contributed by atoms with Gasteiger partial charge in [-0.1, -0.05) is 12.1 Å². The third-order valence-corrected chi connectivity index (χ3v) is 5.43. The van der Waals surface area contributed by atoms with Gasteiger partial charge in [0.25, 0.3) is 5.91 Å². The number of ether oxygens (including phenoxy) is 1. The first kappa shape index (κ1) is 17.9. The summed E-state index contributed by atoms with van der Waals surface area (Å²) in [7, 11) is 1.67. The summed E-state index contributed by atoms with van der Waals surface area (Å²) in [6.45, 7) is 4.97. The highest BCUT2D eigenvalue weighted by Gasteiger charge is 2.42. The summed E-state index contributed by atoms with van der Waals surface area (Å²) in [5.74, 6) is -0.420. The van der Waals surface area contributed by atoms with Crippen molar-refractivity contribution in [1.82, 2.24) is 20.0 Å². The number of nitrogens with one attached hydrogen (secondary N) is 1. The van der Waals surface area contributed by atoms with Crippen molar-refractivity contribution in [2.24, 2.45) is 0 Å². The number of carbonyl (C=O) groups is 2. The lowest BCUT2D eigenvalue weighted by molar-refractivity contribution is -0.126. The molecule has 1 N–H and O–H groups in total. The molecule has 8 heteroatoms. The topological polar surface area (TPSA) is 65.1 Å². The second kappa shape index (κ2) is 7.28. The SMILES string of the molecule is CN1C(=O)N[C@@H](c2ccc(F)cc2)C2=C1CN(CCN1CCOCC1)C2=O. The molecule has 7 nitrogen and oxygen atoms in total. The number of urea groups is 1. The lowest BCUT2D eigenvalue weighted by atomic mass is 9.96. The number of nitrogens with zero attached hydrogens (tertiary/aromatic N) is 3. The molecule has 144 valence electrons. The molecule has 0 aromatic heterocycles. The lowest BCUT2D eigenvalue weighted by Gasteiger charge is -2.31. The highest BCUT2D eigenvalue weighted by molar-refractivity contribution is 6.01. The highest BCUT2D eigenvalue weighted by atomic mass is 19.1. The van der Waals surface area contributed by atoms with Crippen LogP contribution in [0.1, 0.15) is 11.6 Å². The Kier molecular flexibility index (Phi) is 4.84. The van der Waals surface area contributed by atoms with Gasteiger partial charge in [0.2, 0.25) is 0 Å². The number of halogens is 1. The van der Waals surface area contributed by atoms with E-state index in [0.717, 1.165) is 38.5 Å². The Labute approximate surface area is 157 Å². The van der Waals surface area contributed by atoms with Gasteiger partial charge >= 0.3 is 6.03 Å². The van der Waals surface area contributed by atoms with Crippen LogP contribution in [-0.2, 0) is 9.53 Å². The molecule has 3 amide bonds. The van der Waals surface area contributed by atoms with E-state index >= 15 is 0 Å². The zero-order valence-corrected chi connectivity index (χ0v) is 15.3. The van der Waals surface area contributed by atoms with Crippen LogP contribution in [-0.4, -0.2) is 79.6 Å². The largest absolute Gasteiger partial charge is 0.379 e. The summed E-state index contributed by atoms with van der Waals surface area (Å²) in [6.07, 6.45) is 0. The summed E-state index contributed by atoms with van der Waals surface area (Å²) in [5, 5.41) is 2.86. The van der Waals surface area contributed by atoms with Gasteiger partial charge in [-0.25, -0.2) is 9.18 Å². The number of amides is 3. The van der Waals surface area contributed by atoms with E-state index in [1.807, 2.05) is 0 Å². The smallest absolute Gasteiger partial charge is 0.322 e. The van der Waals surface area contributed by atoms with Gasteiger partial charge in [0, 0.05) is 33.2 Å². The number of rotatable bonds is 4. The predicted octanol–water partition coefficient (Wildman–Crippen LogP) is 0.950. The standard InChI is InChI=1S/C19H23FN4O3/c1-22-15-12-24(7-6-23-8-10-27-11-9-23)18(25)16(15)17(21-19(22)26)13-2-4-14(20)5-3-13/h2-5,17H,6-12H2,1H3,(H,21,26)/t17-/m0/s1. The molecule has 0 unspecified atom stereocenters. The number of benzene rings is 1. The van der Waals surface area contributed by atoms with E-state index in [9.17, 15) is 14.0 Å². The van der Waals surface area contributed by atoms with E-state index in [1.54, 1.807) is 24.1 Å². The van der Waals surface area contributed by atoms with Gasteiger partial charge in [-0.15, -0.1) is 0 Å². The molecular formula is C19H23FN4O3. The second-order valence-electron chi connectivity index (χ2n) is 7.03. The quantitative estimate of drug-likeness (QED) is 0.852. The summed E-state index contributed by atoms with van der Waals surface area (Å²) in [6, 6.07) is 5.10. The molecule has 1 fully saturated rings.